The topological polar surface area (TPSA) is 143 Å². The number of hydrogen-bond donors (Lipinski definition) is 3. The van der Waals surface area contributed by atoms with Crippen molar-refractivity contribution < 1.29 is 19.3 Å². The number of aromatic nitrogens is 1. The molecule has 4 aromatic carbocycles. The Kier molecular flexibility index (Phi) is 11.2. The maximum atomic E-state index is 13.4. The molecule has 10 nitrogen and oxygen atoms in total. The number of halogens is 2. The normalized spacial score (nSPS) is 11.8. The monoisotopic (exact) mass is 717 g/mol. The molecule has 0 saturated heterocycles. The molecule has 1 atom stereocenters. The highest BCUT2D eigenvalue weighted by Crippen LogP contribution is 2.30. The van der Waals surface area contributed by atoms with Crippen LogP contribution in [0.15, 0.2) is 113 Å². The summed E-state index contributed by atoms with van der Waals surface area (Å²) in [6.45, 7) is 1.75. The standard InChI is InChI=1S/C34H25Cl2N5O5S2/c1-20(31(42)40-34-39-29(19-47-34)22-9-5-11-25(17-22)41(45)46)48-26-15-13-24(14-16-26)37-33(44)28(18-23-10-6-12-27(35)30(23)36)38-32(43)21-7-3-2-4-8-21/h2-20H,1H3,(H,37,44)(H,38,43)(H,39,40,42)/b28-18-. The molecule has 5 aromatic rings. The number of thiazole rings is 1. The molecule has 0 radical (unpaired) electrons. The lowest BCUT2D eigenvalue weighted by Crippen LogP contribution is -2.30. The van der Waals surface area contributed by atoms with Gasteiger partial charge in [-0.15, -0.1) is 23.1 Å². The highest BCUT2D eigenvalue weighted by molar-refractivity contribution is 8.00. The number of benzene rings is 4. The highest BCUT2D eigenvalue weighted by atomic mass is 35.5. The molecule has 5 rings (SSSR count). The smallest absolute Gasteiger partial charge is 0.272 e. The minimum absolute atomic E-state index is 0.0455. The van der Waals surface area contributed by atoms with Gasteiger partial charge in [0, 0.05) is 39.2 Å². The summed E-state index contributed by atoms with van der Waals surface area (Å²) in [4.78, 5) is 55.0. The number of thioether (sulfide) groups is 1. The molecule has 1 aromatic heterocycles. The van der Waals surface area contributed by atoms with E-state index < -0.39 is 22.0 Å². The number of non-ortho nitro benzene ring substituents is 1. The molecular weight excluding hydrogens is 693 g/mol. The zero-order valence-electron chi connectivity index (χ0n) is 25.0. The van der Waals surface area contributed by atoms with Crippen molar-refractivity contribution in [1.82, 2.24) is 10.3 Å². The van der Waals surface area contributed by atoms with E-state index in [-0.39, 0.29) is 22.3 Å². The van der Waals surface area contributed by atoms with Crippen LogP contribution >= 0.6 is 46.3 Å². The second kappa shape index (κ2) is 15.7. The van der Waals surface area contributed by atoms with E-state index in [9.17, 15) is 24.5 Å². The van der Waals surface area contributed by atoms with Gasteiger partial charge in [0.05, 0.1) is 25.9 Å². The fraction of sp³-hybridized carbons (Fsp3) is 0.0588. The van der Waals surface area contributed by atoms with Crippen LogP contribution < -0.4 is 16.0 Å². The quantitative estimate of drug-likeness (QED) is 0.0538. The van der Waals surface area contributed by atoms with Crippen LogP contribution in [0.4, 0.5) is 16.5 Å². The summed E-state index contributed by atoms with van der Waals surface area (Å²) < 4.78 is 0. The number of hydrogen-bond acceptors (Lipinski definition) is 8. The second-order valence-corrected chi connectivity index (χ2v) is 13.2. The van der Waals surface area contributed by atoms with Crippen molar-refractivity contribution in [3.05, 3.63) is 139 Å². The van der Waals surface area contributed by atoms with Crippen molar-refractivity contribution in [2.45, 2.75) is 17.1 Å². The Bertz CT molecular complexity index is 2020. The van der Waals surface area contributed by atoms with E-state index in [4.69, 9.17) is 23.2 Å². The lowest BCUT2D eigenvalue weighted by molar-refractivity contribution is -0.384. The first-order valence-electron chi connectivity index (χ1n) is 14.2. The van der Waals surface area contributed by atoms with E-state index >= 15 is 0 Å². The van der Waals surface area contributed by atoms with E-state index in [1.54, 1.807) is 97.2 Å². The summed E-state index contributed by atoms with van der Waals surface area (Å²) in [5, 5.41) is 21.5. The summed E-state index contributed by atoms with van der Waals surface area (Å²) in [5.74, 6) is -1.34. The number of anilines is 2. The Morgan fingerprint density at radius 1 is 0.938 bits per heavy atom. The van der Waals surface area contributed by atoms with Crippen LogP contribution in [-0.2, 0) is 9.59 Å². The molecule has 3 amide bonds. The fourth-order valence-electron chi connectivity index (χ4n) is 4.25. The van der Waals surface area contributed by atoms with Crippen molar-refractivity contribution in [2.75, 3.05) is 10.6 Å². The van der Waals surface area contributed by atoms with Crippen molar-refractivity contribution in [2.24, 2.45) is 0 Å². The zero-order chi connectivity index (χ0) is 34.2. The Labute approximate surface area is 293 Å². The molecule has 0 saturated carbocycles. The Balaban J connectivity index is 1.22. The van der Waals surface area contributed by atoms with E-state index in [0.717, 1.165) is 4.90 Å². The molecule has 0 bridgehead atoms. The molecule has 0 aliphatic rings. The Morgan fingerprint density at radius 3 is 2.40 bits per heavy atom. The van der Waals surface area contributed by atoms with Gasteiger partial charge in [-0.3, -0.25) is 24.5 Å². The first-order chi connectivity index (χ1) is 23.1. The van der Waals surface area contributed by atoms with Crippen LogP contribution in [-0.4, -0.2) is 32.9 Å². The molecule has 3 N–H and O–H groups in total. The summed E-state index contributed by atoms with van der Waals surface area (Å²) in [5.41, 5.74) is 2.26. The Morgan fingerprint density at radius 2 is 1.67 bits per heavy atom. The molecule has 0 aliphatic carbocycles. The van der Waals surface area contributed by atoms with Crippen molar-refractivity contribution >= 4 is 86.6 Å². The van der Waals surface area contributed by atoms with E-state index in [1.807, 2.05) is 0 Å². The van der Waals surface area contributed by atoms with Gasteiger partial charge in [0.15, 0.2) is 5.13 Å². The number of nitro benzene ring substituents is 1. The number of nitrogens with zero attached hydrogens (tertiary/aromatic N) is 2. The maximum Gasteiger partial charge on any atom is 0.272 e. The highest BCUT2D eigenvalue weighted by Gasteiger charge is 2.19. The minimum Gasteiger partial charge on any atom is -0.321 e. The van der Waals surface area contributed by atoms with Crippen LogP contribution in [0, 0.1) is 10.1 Å². The second-order valence-electron chi connectivity index (χ2n) is 10.1. The van der Waals surface area contributed by atoms with Gasteiger partial charge in [-0.1, -0.05) is 65.7 Å². The van der Waals surface area contributed by atoms with Gasteiger partial charge in [-0.25, -0.2) is 4.98 Å². The third-order valence-corrected chi connectivity index (χ3v) is 9.39. The van der Waals surface area contributed by atoms with Crippen LogP contribution in [0.3, 0.4) is 0 Å². The molecule has 0 fully saturated rings. The molecule has 48 heavy (non-hydrogen) atoms. The van der Waals surface area contributed by atoms with Gasteiger partial charge < -0.3 is 16.0 Å². The summed E-state index contributed by atoms with van der Waals surface area (Å²) in [6, 6.07) is 26.4. The first-order valence-corrected chi connectivity index (χ1v) is 16.7. The molecule has 14 heteroatoms. The third kappa shape index (κ3) is 8.87. The summed E-state index contributed by atoms with van der Waals surface area (Å²) in [7, 11) is 0. The number of carbonyl (C=O) groups excluding carboxylic acids is 3. The minimum atomic E-state index is -0.587. The van der Waals surface area contributed by atoms with Gasteiger partial charge in [0.25, 0.3) is 17.5 Å². The molecule has 0 aliphatic heterocycles. The predicted octanol–water partition coefficient (Wildman–Crippen LogP) is 8.55. The summed E-state index contributed by atoms with van der Waals surface area (Å²) in [6.07, 6.45) is 1.45. The van der Waals surface area contributed by atoms with E-state index in [0.29, 0.717) is 38.2 Å². The zero-order valence-corrected chi connectivity index (χ0v) is 28.1. The Hall–Kier alpha value is -5.01. The largest absolute Gasteiger partial charge is 0.321 e. The molecule has 1 heterocycles. The average Bonchev–Trinajstić information content (AvgIpc) is 3.56. The van der Waals surface area contributed by atoms with Gasteiger partial charge in [-0.2, -0.15) is 0 Å². The van der Waals surface area contributed by atoms with Crippen molar-refractivity contribution in [3.63, 3.8) is 0 Å². The molecule has 0 spiro atoms. The van der Waals surface area contributed by atoms with Crippen molar-refractivity contribution in [3.8, 4) is 11.3 Å². The number of rotatable bonds is 11. The van der Waals surface area contributed by atoms with Gasteiger partial charge >= 0.3 is 0 Å². The number of carbonyl (C=O) groups is 3. The average molecular weight is 719 g/mol. The lowest BCUT2D eigenvalue weighted by Gasteiger charge is -2.13. The summed E-state index contributed by atoms with van der Waals surface area (Å²) >= 11 is 15.0. The SMILES string of the molecule is CC(Sc1ccc(NC(=O)/C(=C/c2cccc(Cl)c2Cl)NC(=O)c2ccccc2)cc1)C(=O)Nc1nc(-c2cccc([N+](=O)[O-])c2)cs1. The molecule has 242 valence electrons. The third-order valence-electron chi connectivity index (χ3n) is 6.69. The van der Waals surface area contributed by atoms with Gasteiger partial charge in [0.2, 0.25) is 5.91 Å². The maximum absolute atomic E-state index is 13.4. The van der Waals surface area contributed by atoms with Crippen LogP contribution in [0.5, 0.6) is 0 Å². The van der Waals surface area contributed by atoms with Crippen molar-refractivity contribution in [1.29, 1.82) is 0 Å². The van der Waals surface area contributed by atoms with E-state index in [1.165, 1.54) is 41.3 Å². The predicted molar refractivity (Wildman–Crippen MR) is 192 cm³/mol. The first kappa shape index (κ1) is 34.3. The fourth-order valence-corrected chi connectivity index (χ4v) is 6.20. The van der Waals surface area contributed by atoms with E-state index in [2.05, 4.69) is 20.9 Å². The van der Waals surface area contributed by atoms with Crippen LogP contribution in [0.25, 0.3) is 17.3 Å². The van der Waals surface area contributed by atoms with Crippen LogP contribution in [0.1, 0.15) is 22.8 Å². The van der Waals surface area contributed by atoms with Gasteiger partial charge in [0.1, 0.15) is 5.70 Å². The molecule has 1 unspecified atom stereocenters. The van der Waals surface area contributed by atoms with Gasteiger partial charge in [-0.05, 0) is 61.0 Å². The molecular formula is C34H25Cl2N5O5S2. The lowest BCUT2D eigenvalue weighted by atomic mass is 10.1. The number of amides is 3. The number of nitro groups is 1. The number of nitrogens with one attached hydrogen (secondary N) is 3. The van der Waals surface area contributed by atoms with Crippen LogP contribution in [0.2, 0.25) is 10.0 Å².